The third-order valence-electron chi connectivity index (χ3n) is 4.46. The predicted molar refractivity (Wildman–Crippen MR) is 92.2 cm³/mol. The van der Waals surface area contributed by atoms with Gasteiger partial charge in [0.15, 0.2) is 10.9 Å². The number of furan rings is 1. The van der Waals surface area contributed by atoms with Crippen LogP contribution in [-0.2, 0) is 12.8 Å². The highest BCUT2D eigenvalue weighted by Gasteiger charge is 2.22. The molecule has 3 aromatic rings. The number of benzene rings is 1. The number of amides is 1. The van der Waals surface area contributed by atoms with Crippen LogP contribution in [0, 0.1) is 12.8 Å². The molecule has 1 N–H and O–H groups in total. The zero-order valence-electron chi connectivity index (χ0n) is 13.2. The Kier molecular flexibility index (Phi) is 3.45. The number of rotatable bonds is 2. The summed E-state index contributed by atoms with van der Waals surface area (Å²) in [6, 6.07) is 7.70. The number of aromatic nitrogens is 1. The molecule has 118 valence electrons. The summed E-state index contributed by atoms with van der Waals surface area (Å²) in [6.07, 6.45) is 3.24. The van der Waals surface area contributed by atoms with E-state index in [0.717, 1.165) is 35.1 Å². The highest BCUT2D eigenvalue weighted by Crippen LogP contribution is 2.33. The number of carbonyl (C=O) groups is 1. The Bertz CT molecular complexity index is 894. The van der Waals surface area contributed by atoms with E-state index >= 15 is 0 Å². The fraction of sp³-hybridized carbons (Fsp3) is 0.333. The van der Waals surface area contributed by atoms with Crippen molar-refractivity contribution in [2.24, 2.45) is 5.92 Å². The summed E-state index contributed by atoms with van der Waals surface area (Å²) >= 11 is 1.59. The molecule has 1 aliphatic carbocycles. The van der Waals surface area contributed by atoms with Gasteiger partial charge in [0, 0.05) is 15.8 Å². The maximum absolute atomic E-state index is 12.5. The Hall–Kier alpha value is -2.14. The number of anilines is 1. The fourth-order valence-electron chi connectivity index (χ4n) is 3.14. The number of nitrogens with zero attached hydrogens (tertiary/aromatic N) is 1. The van der Waals surface area contributed by atoms with Crippen molar-refractivity contribution < 1.29 is 9.21 Å². The normalized spacial score (nSPS) is 17.2. The molecule has 5 heteroatoms. The smallest absolute Gasteiger partial charge is 0.293 e. The zero-order valence-corrected chi connectivity index (χ0v) is 14.0. The Balaban J connectivity index is 1.61. The quantitative estimate of drug-likeness (QED) is 0.750. The molecule has 2 aromatic heterocycles. The lowest BCUT2D eigenvalue weighted by Crippen LogP contribution is -2.12. The number of para-hydroxylation sites is 1. The average molecular weight is 326 g/mol. The SMILES string of the molecule is Cc1c(C(=O)Nc2nc3c(s2)CC(C)CC3)oc2ccccc12. The van der Waals surface area contributed by atoms with E-state index in [9.17, 15) is 4.79 Å². The average Bonchev–Trinajstić information content (AvgIpc) is 3.08. The summed E-state index contributed by atoms with van der Waals surface area (Å²) in [5.41, 5.74) is 2.75. The molecule has 0 fully saturated rings. The van der Waals surface area contributed by atoms with Crippen molar-refractivity contribution in [1.29, 1.82) is 0 Å². The van der Waals surface area contributed by atoms with Crippen molar-refractivity contribution in [2.45, 2.75) is 33.1 Å². The van der Waals surface area contributed by atoms with Gasteiger partial charge in [0.25, 0.3) is 5.91 Å². The second-order valence-corrected chi connectivity index (χ2v) is 7.33. The van der Waals surface area contributed by atoms with Gasteiger partial charge in [-0.3, -0.25) is 10.1 Å². The van der Waals surface area contributed by atoms with Crippen LogP contribution >= 0.6 is 11.3 Å². The van der Waals surface area contributed by atoms with Crippen LogP contribution < -0.4 is 5.32 Å². The van der Waals surface area contributed by atoms with Gasteiger partial charge in [0.05, 0.1) is 5.69 Å². The van der Waals surface area contributed by atoms with E-state index in [2.05, 4.69) is 17.2 Å². The number of thiazole rings is 1. The Labute approximate surface area is 138 Å². The zero-order chi connectivity index (χ0) is 16.0. The Morgan fingerprint density at radius 1 is 1.39 bits per heavy atom. The van der Waals surface area contributed by atoms with Crippen molar-refractivity contribution in [3.8, 4) is 0 Å². The van der Waals surface area contributed by atoms with Crippen molar-refractivity contribution in [3.05, 3.63) is 46.2 Å². The third kappa shape index (κ3) is 2.55. The maximum Gasteiger partial charge on any atom is 0.293 e. The summed E-state index contributed by atoms with van der Waals surface area (Å²) in [5, 5.41) is 4.56. The monoisotopic (exact) mass is 326 g/mol. The van der Waals surface area contributed by atoms with Gasteiger partial charge in [0.2, 0.25) is 0 Å². The van der Waals surface area contributed by atoms with Crippen molar-refractivity contribution >= 4 is 33.3 Å². The van der Waals surface area contributed by atoms with Crippen LogP contribution in [0.4, 0.5) is 5.13 Å². The van der Waals surface area contributed by atoms with Crippen LogP contribution in [0.3, 0.4) is 0 Å². The third-order valence-corrected chi connectivity index (χ3v) is 5.49. The molecule has 0 bridgehead atoms. The van der Waals surface area contributed by atoms with Crippen LogP contribution in [0.5, 0.6) is 0 Å². The molecule has 1 aliphatic rings. The molecule has 0 saturated heterocycles. The van der Waals surface area contributed by atoms with Gasteiger partial charge < -0.3 is 4.42 Å². The molecule has 0 aliphatic heterocycles. The van der Waals surface area contributed by atoms with Gasteiger partial charge in [-0.05, 0) is 38.2 Å². The highest BCUT2D eigenvalue weighted by molar-refractivity contribution is 7.15. The summed E-state index contributed by atoms with van der Waals surface area (Å²) in [7, 11) is 0. The van der Waals surface area contributed by atoms with E-state index in [1.807, 2.05) is 31.2 Å². The van der Waals surface area contributed by atoms with Gasteiger partial charge >= 0.3 is 0 Å². The molecule has 4 rings (SSSR count). The highest BCUT2D eigenvalue weighted by atomic mass is 32.1. The predicted octanol–water partition coefficient (Wildman–Crippen LogP) is 4.57. The molecular formula is C18H18N2O2S. The standard InChI is InChI=1S/C18H18N2O2S/c1-10-7-8-13-15(9-10)23-18(19-13)20-17(21)16-11(2)12-5-3-4-6-14(12)22-16/h3-6,10H,7-9H2,1-2H3,(H,19,20,21). The summed E-state index contributed by atoms with van der Waals surface area (Å²) < 4.78 is 5.72. The summed E-state index contributed by atoms with van der Waals surface area (Å²) in [4.78, 5) is 18.4. The first-order chi connectivity index (χ1) is 11.1. The van der Waals surface area contributed by atoms with E-state index in [1.54, 1.807) is 11.3 Å². The molecule has 0 spiro atoms. The molecule has 4 nitrogen and oxygen atoms in total. The van der Waals surface area contributed by atoms with Crippen LogP contribution in [0.15, 0.2) is 28.7 Å². The van der Waals surface area contributed by atoms with Crippen molar-refractivity contribution in [1.82, 2.24) is 4.98 Å². The number of hydrogen-bond acceptors (Lipinski definition) is 4. The van der Waals surface area contributed by atoms with Crippen LogP contribution in [0.25, 0.3) is 11.0 Å². The van der Waals surface area contributed by atoms with Gasteiger partial charge in [-0.25, -0.2) is 4.98 Å². The van der Waals surface area contributed by atoms with E-state index in [1.165, 1.54) is 11.3 Å². The number of fused-ring (bicyclic) bond motifs is 2. The largest absolute Gasteiger partial charge is 0.451 e. The summed E-state index contributed by atoms with van der Waals surface area (Å²) in [6.45, 7) is 4.17. The molecule has 2 heterocycles. The van der Waals surface area contributed by atoms with Crippen LogP contribution in [0.1, 0.15) is 40.0 Å². The van der Waals surface area contributed by atoms with Crippen molar-refractivity contribution in [3.63, 3.8) is 0 Å². The van der Waals surface area contributed by atoms with E-state index in [0.29, 0.717) is 16.8 Å². The van der Waals surface area contributed by atoms with E-state index in [-0.39, 0.29) is 5.91 Å². The maximum atomic E-state index is 12.5. The number of aryl methyl sites for hydroxylation is 2. The number of carbonyl (C=O) groups excluding carboxylic acids is 1. The Morgan fingerprint density at radius 2 is 2.22 bits per heavy atom. The molecule has 23 heavy (non-hydrogen) atoms. The number of nitrogens with one attached hydrogen (secondary N) is 1. The minimum Gasteiger partial charge on any atom is -0.451 e. The lowest BCUT2D eigenvalue weighted by atomic mass is 9.93. The fourth-order valence-corrected chi connectivity index (χ4v) is 4.30. The molecule has 1 atom stereocenters. The second-order valence-electron chi connectivity index (χ2n) is 6.24. The molecule has 1 amide bonds. The lowest BCUT2D eigenvalue weighted by Gasteiger charge is -2.15. The van der Waals surface area contributed by atoms with E-state index in [4.69, 9.17) is 4.42 Å². The van der Waals surface area contributed by atoms with Gasteiger partial charge in [0.1, 0.15) is 5.58 Å². The molecule has 0 saturated carbocycles. The number of hydrogen-bond donors (Lipinski definition) is 1. The van der Waals surface area contributed by atoms with Gasteiger partial charge in [-0.15, -0.1) is 11.3 Å². The first-order valence-electron chi connectivity index (χ1n) is 7.90. The minimum absolute atomic E-state index is 0.224. The van der Waals surface area contributed by atoms with Gasteiger partial charge in [-0.1, -0.05) is 25.1 Å². The van der Waals surface area contributed by atoms with Crippen LogP contribution in [0.2, 0.25) is 0 Å². The lowest BCUT2D eigenvalue weighted by molar-refractivity contribution is 0.0998. The second kappa shape index (κ2) is 5.49. The topological polar surface area (TPSA) is 55.1 Å². The van der Waals surface area contributed by atoms with Gasteiger partial charge in [-0.2, -0.15) is 0 Å². The first kappa shape index (κ1) is 14.5. The molecule has 1 aromatic carbocycles. The molecular weight excluding hydrogens is 308 g/mol. The van der Waals surface area contributed by atoms with Crippen molar-refractivity contribution in [2.75, 3.05) is 5.32 Å². The van der Waals surface area contributed by atoms with Crippen LogP contribution in [-0.4, -0.2) is 10.9 Å². The molecule has 1 unspecified atom stereocenters. The van der Waals surface area contributed by atoms with E-state index < -0.39 is 0 Å². The molecule has 0 radical (unpaired) electrons. The Morgan fingerprint density at radius 3 is 3.04 bits per heavy atom. The minimum atomic E-state index is -0.224. The summed E-state index contributed by atoms with van der Waals surface area (Å²) in [5.74, 6) is 0.842. The first-order valence-corrected chi connectivity index (χ1v) is 8.71.